The summed E-state index contributed by atoms with van der Waals surface area (Å²) in [6.45, 7) is -0.784. The van der Waals surface area contributed by atoms with Gasteiger partial charge in [-0.1, -0.05) is 31.5 Å². The number of alkyl halides is 2. The molecule has 0 heterocycles. The lowest BCUT2D eigenvalue weighted by Crippen LogP contribution is -2.04. The van der Waals surface area contributed by atoms with Crippen molar-refractivity contribution in [3.05, 3.63) is 65.2 Å². The summed E-state index contributed by atoms with van der Waals surface area (Å²) >= 11 is 0. The van der Waals surface area contributed by atoms with E-state index in [1.807, 2.05) is 18.2 Å². The van der Waals surface area contributed by atoms with Crippen molar-refractivity contribution < 1.29 is 18.3 Å². The summed E-state index contributed by atoms with van der Waals surface area (Å²) in [6, 6.07) is 13.2. The van der Waals surface area contributed by atoms with E-state index in [1.165, 1.54) is 24.3 Å². The summed E-state index contributed by atoms with van der Waals surface area (Å²) in [7, 11) is 0. The first-order chi connectivity index (χ1) is 10.1. The van der Waals surface area contributed by atoms with Crippen LogP contribution in [-0.4, -0.2) is 12.4 Å². The number of benzene rings is 2. The molecule has 2 rings (SSSR count). The molecular weight excluding hydrogens is 274 g/mol. The molecule has 0 saturated carbocycles. The second kappa shape index (κ2) is 6.97. The number of ether oxygens (including phenoxy) is 1. The summed E-state index contributed by atoms with van der Waals surface area (Å²) < 4.78 is 28.4. The first-order valence-corrected chi connectivity index (χ1v) is 6.78. The van der Waals surface area contributed by atoms with Crippen LogP contribution in [0, 0.1) is 0 Å². The topological polar surface area (TPSA) is 26.3 Å². The maximum absolute atomic E-state index is 12.3. The second-order valence-corrected chi connectivity index (χ2v) is 4.68. The monoisotopic (exact) mass is 290 g/mol. The summed E-state index contributed by atoms with van der Waals surface area (Å²) in [5.41, 5.74) is 2.16. The Hall–Kier alpha value is -2.23. The lowest BCUT2D eigenvalue weighted by atomic mass is 10.00. The Morgan fingerprint density at radius 3 is 2.43 bits per heavy atom. The molecule has 2 aromatic rings. The normalized spacial score (nSPS) is 10.7. The zero-order chi connectivity index (χ0) is 15.2. The van der Waals surface area contributed by atoms with Crippen LogP contribution in [0.1, 0.15) is 34.8 Å². The molecule has 0 aliphatic rings. The number of aryl methyl sites for hydroxylation is 1. The minimum atomic E-state index is -2.86. The van der Waals surface area contributed by atoms with Gasteiger partial charge in [0.25, 0.3) is 0 Å². The van der Waals surface area contributed by atoms with Gasteiger partial charge in [-0.2, -0.15) is 8.78 Å². The van der Waals surface area contributed by atoms with Gasteiger partial charge in [-0.15, -0.1) is 0 Å². The fourth-order valence-corrected chi connectivity index (χ4v) is 2.11. The van der Waals surface area contributed by atoms with E-state index in [1.54, 1.807) is 6.07 Å². The molecule has 0 aromatic heterocycles. The zero-order valence-corrected chi connectivity index (χ0v) is 11.7. The maximum Gasteiger partial charge on any atom is 0.387 e. The number of carbonyl (C=O) groups excluding carboxylic acids is 1. The average molecular weight is 290 g/mol. The van der Waals surface area contributed by atoms with Crippen molar-refractivity contribution in [2.24, 2.45) is 0 Å². The van der Waals surface area contributed by atoms with Crippen molar-refractivity contribution in [3.63, 3.8) is 0 Å². The molecule has 2 nitrogen and oxygen atoms in total. The van der Waals surface area contributed by atoms with E-state index < -0.39 is 6.61 Å². The van der Waals surface area contributed by atoms with Crippen molar-refractivity contribution in [1.82, 2.24) is 0 Å². The van der Waals surface area contributed by atoms with E-state index in [4.69, 9.17) is 0 Å². The summed E-state index contributed by atoms with van der Waals surface area (Å²) in [5.74, 6) is -0.0853. The van der Waals surface area contributed by atoms with Crippen LogP contribution < -0.4 is 4.74 Å². The van der Waals surface area contributed by atoms with E-state index in [0.29, 0.717) is 11.1 Å². The third kappa shape index (κ3) is 4.12. The van der Waals surface area contributed by atoms with Gasteiger partial charge in [0.05, 0.1) is 0 Å². The number of carbonyl (C=O) groups is 1. The highest BCUT2D eigenvalue weighted by Gasteiger charge is 2.10. The largest absolute Gasteiger partial charge is 0.435 e. The molecule has 0 aliphatic heterocycles. The molecule has 21 heavy (non-hydrogen) atoms. The van der Waals surface area contributed by atoms with E-state index in [9.17, 15) is 13.6 Å². The molecule has 110 valence electrons. The number of hydrogen-bond acceptors (Lipinski definition) is 2. The van der Waals surface area contributed by atoms with Gasteiger partial charge in [-0.25, -0.2) is 0 Å². The van der Waals surface area contributed by atoms with Crippen LogP contribution in [0.3, 0.4) is 0 Å². The molecule has 0 N–H and O–H groups in total. The van der Waals surface area contributed by atoms with E-state index in [-0.39, 0.29) is 11.5 Å². The number of ketones is 1. The highest BCUT2D eigenvalue weighted by molar-refractivity contribution is 6.09. The van der Waals surface area contributed by atoms with Gasteiger partial charge in [-0.3, -0.25) is 4.79 Å². The van der Waals surface area contributed by atoms with Crippen LogP contribution in [0.2, 0.25) is 0 Å². The SMILES string of the molecule is CCCc1cccc(C(=O)c2ccc(OC(F)F)cc2)c1. The van der Waals surface area contributed by atoms with Crippen LogP contribution in [-0.2, 0) is 6.42 Å². The first kappa shape index (κ1) is 15.2. The van der Waals surface area contributed by atoms with Crippen LogP contribution in [0.25, 0.3) is 0 Å². The molecule has 0 aliphatic carbocycles. The maximum atomic E-state index is 12.3. The van der Waals surface area contributed by atoms with Gasteiger partial charge in [0, 0.05) is 11.1 Å². The molecule has 0 amide bonds. The van der Waals surface area contributed by atoms with E-state index >= 15 is 0 Å². The average Bonchev–Trinajstić information content (AvgIpc) is 2.47. The van der Waals surface area contributed by atoms with Gasteiger partial charge >= 0.3 is 6.61 Å². The fraction of sp³-hybridized carbons (Fsp3) is 0.235. The smallest absolute Gasteiger partial charge is 0.387 e. The van der Waals surface area contributed by atoms with Gasteiger partial charge < -0.3 is 4.74 Å². The first-order valence-electron chi connectivity index (χ1n) is 6.78. The fourth-order valence-electron chi connectivity index (χ4n) is 2.11. The number of rotatable bonds is 6. The predicted molar refractivity (Wildman–Crippen MR) is 76.9 cm³/mol. The van der Waals surface area contributed by atoms with Gasteiger partial charge in [0.1, 0.15) is 5.75 Å². The van der Waals surface area contributed by atoms with Crippen LogP contribution in [0.5, 0.6) is 5.75 Å². The molecule has 0 atom stereocenters. The standard InChI is InChI=1S/C17H16F2O2/c1-2-4-12-5-3-6-14(11-12)16(20)13-7-9-15(10-8-13)21-17(18)19/h3,5-11,17H,2,4H2,1H3. The van der Waals surface area contributed by atoms with Gasteiger partial charge in [0.15, 0.2) is 5.78 Å². The molecule has 2 aromatic carbocycles. The van der Waals surface area contributed by atoms with Crippen molar-refractivity contribution in [2.45, 2.75) is 26.4 Å². The molecule has 0 spiro atoms. The van der Waals surface area contributed by atoms with Crippen molar-refractivity contribution in [2.75, 3.05) is 0 Å². The number of halogens is 2. The van der Waals surface area contributed by atoms with Gasteiger partial charge in [0.2, 0.25) is 0 Å². The number of hydrogen-bond donors (Lipinski definition) is 0. The Morgan fingerprint density at radius 1 is 1.10 bits per heavy atom. The lowest BCUT2D eigenvalue weighted by Gasteiger charge is -2.06. The Morgan fingerprint density at radius 2 is 1.81 bits per heavy atom. The Kier molecular flexibility index (Phi) is 5.04. The molecule has 0 unspecified atom stereocenters. The second-order valence-electron chi connectivity index (χ2n) is 4.68. The van der Waals surface area contributed by atoms with E-state index in [0.717, 1.165) is 18.4 Å². The van der Waals surface area contributed by atoms with Crippen molar-refractivity contribution in [1.29, 1.82) is 0 Å². The quantitative estimate of drug-likeness (QED) is 0.734. The lowest BCUT2D eigenvalue weighted by molar-refractivity contribution is -0.0498. The van der Waals surface area contributed by atoms with Crippen molar-refractivity contribution in [3.8, 4) is 5.75 Å². The molecule has 0 saturated heterocycles. The van der Waals surface area contributed by atoms with Crippen LogP contribution in [0.15, 0.2) is 48.5 Å². The molecule has 0 bridgehead atoms. The predicted octanol–water partition coefficient (Wildman–Crippen LogP) is 4.47. The summed E-state index contributed by atoms with van der Waals surface area (Å²) in [5, 5.41) is 0. The summed E-state index contributed by atoms with van der Waals surface area (Å²) in [6.07, 6.45) is 1.93. The highest BCUT2D eigenvalue weighted by Crippen LogP contribution is 2.18. The Bertz CT molecular complexity index is 606. The van der Waals surface area contributed by atoms with Crippen LogP contribution >= 0.6 is 0 Å². The third-order valence-corrected chi connectivity index (χ3v) is 3.07. The highest BCUT2D eigenvalue weighted by atomic mass is 19.3. The zero-order valence-electron chi connectivity index (χ0n) is 11.7. The third-order valence-electron chi connectivity index (χ3n) is 3.07. The van der Waals surface area contributed by atoms with Crippen LogP contribution in [0.4, 0.5) is 8.78 Å². The Labute approximate surface area is 122 Å². The van der Waals surface area contributed by atoms with Gasteiger partial charge in [-0.05, 0) is 42.3 Å². The minimum absolute atomic E-state index is 0.0429. The Balaban J connectivity index is 2.17. The minimum Gasteiger partial charge on any atom is -0.435 e. The van der Waals surface area contributed by atoms with E-state index in [2.05, 4.69) is 11.7 Å². The molecule has 4 heteroatoms. The molecular formula is C17H16F2O2. The molecule has 0 fully saturated rings. The molecule has 0 radical (unpaired) electrons. The summed E-state index contributed by atoms with van der Waals surface area (Å²) in [4.78, 5) is 12.3. The van der Waals surface area contributed by atoms with Crippen molar-refractivity contribution >= 4 is 5.78 Å².